The van der Waals surface area contributed by atoms with Crippen LogP contribution in [0.5, 0.6) is 0 Å². The Morgan fingerprint density at radius 1 is 1.18 bits per heavy atom. The molecule has 0 fully saturated rings. The molecule has 166 valence electrons. The molecule has 0 aromatic rings. The van der Waals surface area contributed by atoms with E-state index < -0.39 is 38.0 Å². The molecule has 0 bridgehead atoms. The van der Waals surface area contributed by atoms with Crippen LogP contribution in [0.25, 0.3) is 0 Å². The summed E-state index contributed by atoms with van der Waals surface area (Å²) in [5.74, 6) is -0.388. The Morgan fingerprint density at radius 3 is 2.25 bits per heavy atom. The first-order valence-electron chi connectivity index (χ1n) is 8.98. The minimum absolute atomic E-state index is 0.0365. The Balaban J connectivity index is 4.90. The number of hydrogen-bond acceptors (Lipinski definition) is 8. The number of ether oxygens (including phenoxy) is 2. The highest BCUT2D eigenvalue weighted by atomic mass is 32.2. The Morgan fingerprint density at radius 2 is 1.79 bits per heavy atom. The van der Waals surface area contributed by atoms with Gasteiger partial charge in [-0.2, -0.15) is 0 Å². The summed E-state index contributed by atoms with van der Waals surface area (Å²) in [6.45, 7) is 8.96. The lowest BCUT2D eigenvalue weighted by molar-refractivity contribution is -0.149. The van der Waals surface area contributed by atoms with Crippen molar-refractivity contribution in [3.05, 3.63) is 0 Å². The summed E-state index contributed by atoms with van der Waals surface area (Å²) in [6.07, 6.45) is -1.27. The summed E-state index contributed by atoms with van der Waals surface area (Å²) in [5, 5.41) is 2.45. The van der Waals surface area contributed by atoms with E-state index in [1.165, 1.54) is 14.0 Å². The van der Waals surface area contributed by atoms with Crippen LogP contribution in [0.2, 0.25) is 0 Å². The molecule has 0 aliphatic heterocycles. The number of nitrogens with one attached hydrogen (secondary N) is 1. The van der Waals surface area contributed by atoms with Crippen molar-refractivity contribution in [1.29, 1.82) is 0 Å². The van der Waals surface area contributed by atoms with Crippen LogP contribution in [0.4, 0.5) is 4.39 Å². The van der Waals surface area contributed by atoms with Crippen molar-refractivity contribution in [1.82, 2.24) is 5.09 Å². The van der Waals surface area contributed by atoms with E-state index in [0.717, 1.165) is 11.8 Å². The lowest BCUT2D eigenvalue weighted by Crippen LogP contribution is -2.36. The zero-order chi connectivity index (χ0) is 22.0. The maximum Gasteiger partial charge on any atom is 0.406 e. The van der Waals surface area contributed by atoms with Gasteiger partial charge >= 0.3 is 13.7 Å². The van der Waals surface area contributed by atoms with Gasteiger partial charge in [-0.1, -0.05) is 32.5 Å². The quantitative estimate of drug-likeness (QED) is 0.260. The van der Waals surface area contributed by atoms with Gasteiger partial charge in [-0.3, -0.25) is 18.6 Å². The topological polar surface area (TPSA) is 100 Å². The molecule has 0 aliphatic carbocycles. The summed E-state index contributed by atoms with van der Waals surface area (Å²) in [7, 11) is -2.68. The SMILES string of the molecule is COC(CF)COP(=O)(NC(C)C(=O)OC(C)C)OCCSC(=O)C(C)(C)C. The van der Waals surface area contributed by atoms with Crippen molar-refractivity contribution >= 4 is 30.6 Å². The number of carbonyl (C=O) groups excluding carboxylic acids is 2. The lowest BCUT2D eigenvalue weighted by Gasteiger charge is -2.24. The molecule has 0 spiro atoms. The number of carbonyl (C=O) groups is 2. The third-order valence-electron chi connectivity index (χ3n) is 3.18. The molecule has 0 heterocycles. The number of hydrogen-bond donors (Lipinski definition) is 1. The Hall–Kier alpha value is -0.510. The highest BCUT2D eigenvalue weighted by molar-refractivity contribution is 8.13. The molecule has 8 nitrogen and oxygen atoms in total. The third kappa shape index (κ3) is 11.5. The van der Waals surface area contributed by atoms with Crippen molar-refractivity contribution in [2.75, 3.05) is 32.8 Å². The van der Waals surface area contributed by atoms with Crippen LogP contribution >= 0.6 is 19.5 Å². The summed E-state index contributed by atoms with van der Waals surface area (Å²) in [5.41, 5.74) is -0.509. The Kier molecular flexibility index (Phi) is 12.7. The van der Waals surface area contributed by atoms with Crippen molar-refractivity contribution in [3.63, 3.8) is 0 Å². The Labute approximate surface area is 171 Å². The van der Waals surface area contributed by atoms with Crippen LogP contribution < -0.4 is 5.09 Å². The molecule has 0 amide bonds. The summed E-state index contributed by atoms with van der Waals surface area (Å²) >= 11 is 1.05. The fourth-order valence-electron chi connectivity index (χ4n) is 1.60. The van der Waals surface area contributed by atoms with E-state index in [4.69, 9.17) is 18.5 Å². The molecule has 0 saturated heterocycles. The van der Waals surface area contributed by atoms with Gasteiger partial charge in [0.15, 0.2) is 5.12 Å². The lowest BCUT2D eigenvalue weighted by atomic mass is 10.00. The van der Waals surface area contributed by atoms with E-state index in [9.17, 15) is 18.5 Å². The first-order valence-corrected chi connectivity index (χ1v) is 11.5. The van der Waals surface area contributed by atoms with Crippen molar-refractivity contribution in [2.24, 2.45) is 5.41 Å². The molecule has 0 aromatic heterocycles. The van der Waals surface area contributed by atoms with Gasteiger partial charge in [0.2, 0.25) is 0 Å². The van der Waals surface area contributed by atoms with Crippen LogP contribution in [0.3, 0.4) is 0 Å². The number of halogens is 1. The first kappa shape index (κ1) is 27.5. The third-order valence-corrected chi connectivity index (χ3v) is 6.14. The van der Waals surface area contributed by atoms with Gasteiger partial charge in [-0.05, 0) is 20.8 Å². The van der Waals surface area contributed by atoms with E-state index in [2.05, 4.69) is 5.09 Å². The summed E-state index contributed by atoms with van der Waals surface area (Å²) < 4.78 is 46.2. The molecule has 0 rings (SSSR count). The van der Waals surface area contributed by atoms with Crippen molar-refractivity contribution in [2.45, 2.75) is 59.8 Å². The number of methoxy groups -OCH3 is 1. The molecule has 28 heavy (non-hydrogen) atoms. The molecule has 1 N–H and O–H groups in total. The van der Waals surface area contributed by atoms with Gasteiger partial charge in [-0.25, -0.2) is 14.0 Å². The van der Waals surface area contributed by atoms with Gasteiger partial charge in [-0.15, -0.1) is 0 Å². The zero-order valence-electron chi connectivity index (χ0n) is 17.7. The van der Waals surface area contributed by atoms with E-state index in [1.807, 2.05) is 0 Å². The highest BCUT2D eigenvalue weighted by Crippen LogP contribution is 2.44. The van der Waals surface area contributed by atoms with E-state index >= 15 is 0 Å². The maximum absolute atomic E-state index is 13.0. The molecule has 0 aliphatic rings. The monoisotopic (exact) mass is 445 g/mol. The molecule has 11 heteroatoms. The fourth-order valence-corrected chi connectivity index (χ4v) is 4.01. The first-order chi connectivity index (χ1) is 12.8. The second-order valence-electron chi connectivity index (χ2n) is 7.36. The average molecular weight is 445 g/mol. The molecule has 3 atom stereocenters. The average Bonchev–Trinajstić information content (AvgIpc) is 2.58. The van der Waals surface area contributed by atoms with Gasteiger partial charge in [0.05, 0.1) is 19.3 Å². The number of rotatable bonds is 13. The fraction of sp³-hybridized carbons (Fsp3) is 0.882. The second kappa shape index (κ2) is 12.9. The largest absolute Gasteiger partial charge is 0.462 e. The van der Waals surface area contributed by atoms with Crippen LogP contribution in [-0.2, 0) is 32.7 Å². The standard InChI is InChI=1S/C17H33FNO7PS/c1-12(2)26-15(20)13(3)19-27(22,25-11-14(10-18)23-7)24-8-9-28-16(21)17(4,5)6/h12-14H,8-11H2,1-7H3,(H,19,22). The maximum atomic E-state index is 13.0. The second-order valence-corrected chi connectivity index (χ2v) is 10.2. The smallest absolute Gasteiger partial charge is 0.406 e. The van der Waals surface area contributed by atoms with Crippen LogP contribution in [-0.4, -0.2) is 62.1 Å². The normalized spacial score (nSPS) is 16.5. The van der Waals surface area contributed by atoms with Crippen LogP contribution in [0.1, 0.15) is 41.5 Å². The molecule has 0 radical (unpaired) electrons. The van der Waals surface area contributed by atoms with Gasteiger partial charge in [0, 0.05) is 18.3 Å². The highest BCUT2D eigenvalue weighted by Gasteiger charge is 2.32. The van der Waals surface area contributed by atoms with E-state index in [0.29, 0.717) is 0 Å². The van der Waals surface area contributed by atoms with Crippen molar-refractivity contribution < 1.29 is 37.1 Å². The molecular weight excluding hydrogens is 412 g/mol. The van der Waals surface area contributed by atoms with Gasteiger partial charge < -0.3 is 9.47 Å². The molecule has 0 saturated carbocycles. The summed E-state index contributed by atoms with van der Waals surface area (Å²) in [4.78, 5) is 23.9. The number of thioether (sulfide) groups is 1. The van der Waals surface area contributed by atoms with Gasteiger partial charge in [0.25, 0.3) is 0 Å². The molecule has 3 unspecified atom stereocenters. The van der Waals surface area contributed by atoms with E-state index in [1.54, 1.807) is 34.6 Å². The minimum Gasteiger partial charge on any atom is -0.462 e. The molecule has 0 aromatic carbocycles. The Bertz CT molecular complexity index is 538. The van der Waals surface area contributed by atoms with Crippen LogP contribution in [0, 0.1) is 5.41 Å². The summed E-state index contributed by atoms with van der Waals surface area (Å²) in [6, 6.07) is -0.983. The molecular formula is C17H33FNO7PS. The minimum atomic E-state index is -3.98. The predicted octanol–water partition coefficient (Wildman–Crippen LogP) is 3.35. The van der Waals surface area contributed by atoms with Crippen molar-refractivity contribution in [3.8, 4) is 0 Å². The number of alkyl halides is 1. The van der Waals surface area contributed by atoms with E-state index in [-0.39, 0.29) is 30.2 Å². The number of esters is 1. The van der Waals surface area contributed by atoms with Crippen LogP contribution in [0.15, 0.2) is 0 Å². The predicted molar refractivity (Wildman–Crippen MR) is 107 cm³/mol. The zero-order valence-corrected chi connectivity index (χ0v) is 19.4. The van der Waals surface area contributed by atoms with Gasteiger partial charge in [0.1, 0.15) is 18.8 Å².